The number of nitrogens with zero attached hydrogens (tertiary/aromatic N) is 2. The van der Waals surface area contributed by atoms with Crippen LogP contribution in [0.15, 0.2) is 54.9 Å². The highest BCUT2D eigenvalue weighted by molar-refractivity contribution is 5.46. The van der Waals surface area contributed by atoms with Crippen molar-refractivity contribution in [3.63, 3.8) is 0 Å². The zero-order valence-corrected chi connectivity index (χ0v) is 12.6. The summed E-state index contributed by atoms with van der Waals surface area (Å²) in [6.45, 7) is 4.34. The van der Waals surface area contributed by atoms with Crippen molar-refractivity contribution in [1.82, 2.24) is 10.3 Å². The molecule has 1 aliphatic heterocycles. The maximum absolute atomic E-state index is 4.28. The Bertz CT molecular complexity index is 541. The molecule has 0 radical (unpaired) electrons. The zero-order valence-electron chi connectivity index (χ0n) is 12.6. The predicted octanol–water partition coefficient (Wildman–Crippen LogP) is 2.88. The van der Waals surface area contributed by atoms with Gasteiger partial charge in [0.1, 0.15) is 0 Å². The van der Waals surface area contributed by atoms with Crippen molar-refractivity contribution in [3.05, 3.63) is 60.4 Å². The number of piperazine rings is 1. The summed E-state index contributed by atoms with van der Waals surface area (Å²) in [5, 5.41) is 3.71. The zero-order chi connectivity index (χ0) is 14.5. The van der Waals surface area contributed by atoms with E-state index in [0.29, 0.717) is 12.1 Å². The van der Waals surface area contributed by atoms with Crippen LogP contribution in [0.2, 0.25) is 0 Å². The molecule has 0 amide bonds. The van der Waals surface area contributed by atoms with Crippen LogP contribution in [0.4, 0.5) is 5.69 Å². The largest absolute Gasteiger partial charge is 0.364 e. The summed E-state index contributed by atoms with van der Waals surface area (Å²) in [4.78, 5) is 6.79. The van der Waals surface area contributed by atoms with Gasteiger partial charge in [-0.25, -0.2) is 0 Å². The first kappa shape index (κ1) is 14.1. The predicted molar refractivity (Wildman–Crippen MR) is 87.6 cm³/mol. The van der Waals surface area contributed by atoms with E-state index in [4.69, 9.17) is 0 Å². The lowest BCUT2D eigenvalue weighted by molar-refractivity contribution is 0.383. The SMILES string of the molecule is CCC1CNC(Cc2ccccc2)CN1c1cccnc1. The molecular weight excluding hydrogens is 258 g/mol. The molecule has 1 fully saturated rings. The Hall–Kier alpha value is -1.87. The number of aromatic nitrogens is 1. The highest BCUT2D eigenvalue weighted by Gasteiger charge is 2.26. The minimum Gasteiger partial charge on any atom is -0.364 e. The lowest BCUT2D eigenvalue weighted by Crippen LogP contribution is -2.57. The lowest BCUT2D eigenvalue weighted by Gasteiger charge is -2.41. The highest BCUT2D eigenvalue weighted by atomic mass is 15.2. The number of nitrogens with one attached hydrogen (secondary N) is 1. The van der Waals surface area contributed by atoms with Crippen molar-refractivity contribution in [2.45, 2.75) is 31.8 Å². The van der Waals surface area contributed by atoms with E-state index in [2.05, 4.69) is 58.5 Å². The number of hydrogen-bond donors (Lipinski definition) is 1. The Labute approximate surface area is 127 Å². The third-order valence-electron chi connectivity index (χ3n) is 4.27. The molecular formula is C18H23N3. The van der Waals surface area contributed by atoms with E-state index in [1.807, 2.05) is 18.5 Å². The van der Waals surface area contributed by atoms with Gasteiger partial charge in [0.05, 0.1) is 11.9 Å². The molecule has 1 aromatic carbocycles. The molecule has 1 saturated heterocycles. The molecule has 0 spiro atoms. The molecule has 21 heavy (non-hydrogen) atoms. The van der Waals surface area contributed by atoms with Crippen molar-refractivity contribution in [3.8, 4) is 0 Å². The van der Waals surface area contributed by atoms with E-state index >= 15 is 0 Å². The highest BCUT2D eigenvalue weighted by Crippen LogP contribution is 2.21. The van der Waals surface area contributed by atoms with Crippen molar-refractivity contribution in [1.29, 1.82) is 0 Å². The third kappa shape index (κ3) is 3.42. The topological polar surface area (TPSA) is 28.2 Å². The van der Waals surface area contributed by atoms with Crippen LogP contribution in [0.5, 0.6) is 0 Å². The molecule has 0 aliphatic carbocycles. The van der Waals surface area contributed by atoms with Gasteiger partial charge in [-0.1, -0.05) is 37.3 Å². The second-order valence-electron chi connectivity index (χ2n) is 5.72. The Morgan fingerprint density at radius 2 is 2.05 bits per heavy atom. The number of rotatable bonds is 4. The minimum absolute atomic E-state index is 0.496. The second-order valence-corrected chi connectivity index (χ2v) is 5.72. The fourth-order valence-electron chi connectivity index (χ4n) is 3.10. The third-order valence-corrected chi connectivity index (χ3v) is 4.27. The minimum atomic E-state index is 0.496. The van der Waals surface area contributed by atoms with Gasteiger partial charge in [-0.2, -0.15) is 0 Å². The van der Waals surface area contributed by atoms with Crippen molar-refractivity contribution >= 4 is 5.69 Å². The summed E-state index contributed by atoms with van der Waals surface area (Å²) in [7, 11) is 0. The summed E-state index contributed by atoms with van der Waals surface area (Å²) in [6, 6.07) is 16.0. The molecule has 1 aromatic heterocycles. The first-order chi connectivity index (χ1) is 10.4. The molecule has 0 bridgehead atoms. The molecule has 0 saturated carbocycles. The lowest BCUT2D eigenvalue weighted by atomic mass is 10.00. The summed E-state index contributed by atoms with van der Waals surface area (Å²) in [6.07, 6.45) is 6.05. The van der Waals surface area contributed by atoms with Gasteiger partial charge in [0.15, 0.2) is 0 Å². The molecule has 2 unspecified atom stereocenters. The first-order valence-corrected chi connectivity index (χ1v) is 7.81. The Morgan fingerprint density at radius 1 is 1.19 bits per heavy atom. The first-order valence-electron chi connectivity index (χ1n) is 7.81. The number of pyridine rings is 1. The maximum atomic E-state index is 4.28. The average Bonchev–Trinajstić information content (AvgIpc) is 2.56. The quantitative estimate of drug-likeness (QED) is 0.934. The smallest absolute Gasteiger partial charge is 0.0556 e. The molecule has 2 atom stereocenters. The Kier molecular flexibility index (Phi) is 4.51. The summed E-state index contributed by atoms with van der Waals surface area (Å²) < 4.78 is 0. The monoisotopic (exact) mass is 281 g/mol. The number of hydrogen-bond acceptors (Lipinski definition) is 3. The van der Waals surface area contributed by atoms with Gasteiger partial charge in [-0.15, -0.1) is 0 Å². The van der Waals surface area contributed by atoms with Crippen molar-refractivity contribution < 1.29 is 0 Å². The van der Waals surface area contributed by atoms with Crippen LogP contribution in [0.25, 0.3) is 0 Å². The van der Waals surface area contributed by atoms with Crippen LogP contribution in [0.1, 0.15) is 18.9 Å². The summed E-state index contributed by atoms with van der Waals surface area (Å²) in [5.74, 6) is 0. The fourth-order valence-corrected chi connectivity index (χ4v) is 3.10. The van der Waals surface area contributed by atoms with Crippen LogP contribution >= 0.6 is 0 Å². The van der Waals surface area contributed by atoms with E-state index in [1.165, 1.54) is 11.3 Å². The van der Waals surface area contributed by atoms with E-state index in [-0.39, 0.29) is 0 Å². The Morgan fingerprint density at radius 3 is 2.76 bits per heavy atom. The number of benzene rings is 1. The molecule has 3 heteroatoms. The van der Waals surface area contributed by atoms with Crippen LogP contribution in [-0.2, 0) is 6.42 Å². The van der Waals surface area contributed by atoms with Crippen LogP contribution in [0.3, 0.4) is 0 Å². The molecule has 110 valence electrons. The molecule has 1 aliphatic rings. The summed E-state index contributed by atoms with van der Waals surface area (Å²) in [5.41, 5.74) is 2.64. The molecule has 3 nitrogen and oxygen atoms in total. The van der Waals surface area contributed by atoms with Crippen molar-refractivity contribution in [2.75, 3.05) is 18.0 Å². The van der Waals surface area contributed by atoms with Gasteiger partial charge in [0.25, 0.3) is 0 Å². The fraction of sp³-hybridized carbons (Fsp3) is 0.389. The molecule has 2 heterocycles. The molecule has 3 rings (SSSR count). The van der Waals surface area contributed by atoms with Gasteiger partial charge >= 0.3 is 0 Å². The Balaban J connectivity index is 1.72. The normalized spacial score (nSPS) is 22.2. The maximum Gasteiger partial charge on any atom is 0.0556 e. The van der Waals surface area contributed by atoms with Crippen molar-refractivity contribution in [2.24, 2.45) is 0 Å². The van der Waals surface area contributed by atoms with E-state index in [9.17, 15) is 0 Å². The van der Waals surface area contributed by atoms with E-state index in [1.54, 1.807) is 0 Å². The average molecular weight is 281 g/mol. The van der Waals surface area contributed by atoms with Gasteiger partial charge in [0, 0.05) is 31.4 Å². The van der Waals surface area contributed by atoms with Gasteiger partial charge in [0.2, 0.25) is 0 Å². The molecule has 2 aromatic rings. The van der Waals surface area contributed by atoms with Crippen LogP contribution in [0, 0.1) is 0 Å². The van der Waals surface area contributed by atoms with Crippen LogP contribution in [-0.4, -0.2) is 30.2 Å². The van der Waals surface area contributed by atoms with Crippen LogP contribution < -0.4 is 10.2 Å². The van der Waals surface area contributed by atoms with Gasteiger partial charge in [-0.3, -0.25) is 4.98 Å². The van der Waals surface area contributed by atoms with E-state index < -0.39 is 0 Å². The summed E-state index contributed by atoms with van der Waals surface area (Å²) >= 11 is 0. The standard InChI is InChI=1S/C18H23N3/c1-2-17-13-20-16(11-15-7-4-3-5-8-15)14-21(17)18-9-6-10-19-12-18/h3-10,12,16-17,20H,2,11,13-14H2,1H3. The second kappa shape index (κ2) is 6.72. The van der Waals surface area contributed by atoms with E-state index in [0.717, 1.165) is 25.9 Å². The van der Waals surface area contributed by atoms with Gasteiger partial charge in [-0.05, 0) is 30.5 Å². The molecule has 1 N–H and O–H groups in total. The number of anilines is 1. The van der Waals surface area contributed by atoms with Gasteiger partial charge < -0.3 is 10.2 Å².